The van der Waals surface area contributed by atoms with E-state index in [1.54, 1.807) is 39.2 Å². The average molecular weight is 387 g/mol. The Labute approximate surface area is 156 Å². The lowest BCUT2D eigenvalue weighted by Gasteiger charge is -2.39. The van der Waals surface area contributed by atoms with E-state index in [9.17, 15) is 9.59 Å². The third kappa shape index (κ3) is 3.76. The highest BCUT2D eigenvalue weighted by molar-refractivity contribution is 6.42. The predicted molar refractivity (Wildman–Crippen MR) is 95.7 cm³/mol. The zero-order valence-corrected chi connectivity index (χ0v) is 16.0. The van der Waals surface area contributed by atoms with Crippen molar-refractivity contribution >= 4 is 35.2 Å². The molecule has 0 N–H and O–H groups in total. The van der Waals surface area contributed by atoms with E-state index in [0.29, 0.717) is 26.9 Å². The fraction of sp³-hybridized carbons (Fsp3) is 0.412. The zero-order valence-electron chi connectivity index (χ0n) is 14.5. The van der Waals surface area contributed by atoms with Gasteiger partial charge in [-0.2, -0.15) is 0 Å². The van der Waals surface area contributed by atoms with Gasteiger partial charge in [-0.25, -0.2) is 9.59 Å². The summed E-state index contributed by atoms with van der Waals surface area (Å²) in [5.41, 5.74) is 1.41. The first-order valence-corrected chi connectivity index (χ1v) is 8.38. The number of amides is 2. The van der Waals surface area contributed by atoms with E-state index in [2.05, 4.69) is 0 Å². The maximum absolute atomic E-state index is 12.7. The van der Waals surface area contributed by atoms with E-state index in [1.807, 2.05) is 0 Å². The summed E-state index contributed by atoms with van der Waals surface area (Å²) in [6.07, 6.45) is 0. The van der Waals surface area contributed by atoms with E-state index in [1.165, 1.54) is 16.9 Å². The van der Waals surface area contributed by atoms with Crippen LogP contribution in [0.15, 0.2) is 29.5 Å². The van der Waals surface area contributed by atoms with Crippen molar-refractivity contribution in [3.8, 4) is 0 Å². The summed E-state index contributed by atoms with van der Waals surface area (Å²) in [5.74, 6) is -0.526. The molecule has 2 rings (SSSR count). The van der Waals surface area contributed by atoms with Crippen molar-refractivity contribution in [2.45, 2.75) is 13.0 Å². The molecule has 1 aromatic rings. The number of urea groups is 1. The monoisotopic (exact) mass is 386 g/mol. The van der Waals surface area contributed by atoms with Gasteiger partial charge in [-0.3, -0.25) is 0 Å². The lowest BCUT2D eigenvalue weighted by Crippen LogP contribution is -2.47. The number of rotatable bonds is 5. The number of likely N-dealkylation sites (N-methyl/N-ethyl adjacent to an activating group) is 1. The smallest absolute Gasteiger partial charge is 0.338 e. The third-order valence-electron chi connectivity index (χ3n) is 4.16. The number of carbonyl (C=O) groups is 2. The fourth-order valence-electron chi connectivity index (χ4n) is 2.71. The fourth-order valence-corrected chi connectivity index (χ4v) is 3.12. The van der Waals surface area contributed by atoms with Crippen LogP contribution in [0.5, 0.6) is 0 Å². The minimum Gasteiger partial charge on any atom is -0.460 e. The van der Waals surface area contributed by atoms with Crippen LogP contribution in [0, 0.1) is 0 Å². The Hall–Kier alpha value is -1.76. The van der Waals surface area contributed by atoms with Crippen molar-refractivity contribution in [1.29, 1.82) is 0 Å². The highest BCUT2D eigenvalue weighted by atomic mass is 35.5. The molecule has 136 valence electrons. The van der Waals surface area contributed by atoms with Gasteiger partial charge in [0.1, 0.15) is 6.61 Å². The molecular formula is C17H20Cl2N2O4. The molecule has 0 aliphatic carbocycles. The van der Waals surface area contributed by atoms with Gasteiger partial charge in [-0.1, -0.05) is 35.3 Å². The van der Waals surface area contributed by atoms with E-state index < -0.39 is 12.0 Å². The van der Waals surface area contributed by atoms with Gasteiger partial charge in [0.2, 0.25) is 0 Å². The molecule has 1 aliphatic rings. The molecule has 1 aromatic carbocycles. The average Bonchev–Trinajstić information content (AvgIpc) is 2.59. The van der Waals surface area contributed by atoms with Crippen LogP contribution in [0.1, 0.15) is 18.5 Å². The van der Waals surface area contributed by atoms with Crippen LogP contribution < -0.4 is 0 Å². The normalized spacial score (nSPS) is 18.0. The Morgan fingerprint density at radius 3 is 2.56 bits per heavy atom. The number of methoxy groups -OCH3 is 1. The van der Waals surface area contributed by atoms with Gasteiger partial charge < -0.3 is 19.3 Å². The highest BCUT2D eigenvalue weighted by Crippen LogP contribution is 2.40. The molecule has 0 spiro atoms. The standard InChI is InChI=1S/C17H20Cl2N2O4/c1-10-13(16(22)25-9-8-24-4)15(21(3)17(23)20(10)2)11-6-5-7-12(18)14(11)19/h5-7,15H,8-9H2,1-4H3/t15-/m0/s1. The van der Waals surface area contributed by atoms with Crippen LogP contribution in [0.4, 0.5) is 4.79 Å². The Kier molecular flexibility index (Phi) is 6.32. The lowest BCUT2D eigenvalue weighted by molar-refractivity contribution is -0.141. The first-order chi connectivity index (χ1) is 11.8. The molecule has 0 radical (unpaired) electrons. The number of hydrogen-bond acceptors (Lipinski definition) is 4. The molecule has 0 bridgehead atoms. The predicted octanol–water partition coefficient (Wildman–Crippen LogP) is 3.50. The van der Waals surface area contributed by atoms with Crippen LogP contribution in [0.3, 0.4) is 0 Å². The number of halogens is 2. The van der Waals surface area contributed by atoms with E-state index in [0.717, 1.165) is 0 Å². The third-order valence-corrected chi connectivity index (χ3v) is 4.99. The van der Waals surface area contributed by atoms with Gasteiger partial charge in [0, 0.05) is 26.9 Å². The zero-order chi connectivity index (χ0) is 18.7. The summed E-state index contributed by atoms with van der Waals surface area (Å²) < 4.78 is 10.2. The maximum Gasteiger partial charge on any atom is 0.338 e. The minimum atomic E-state index is -0.690. The molecule has 0 aromatic heterocycles. The summed E-state index contributed by atoms with van der Waals surface area (Å²) in [5, 5.41) is 0.650. The van der Waals surface area contributed by atoms with Crippen LogP contribution in [-0.2, 0) is 14.3 Å². The Bertz CT molecular complexity index is 721. The van der Waals surface area contributed by atoms with E-state index in [4.69, 9.17) is 32.7 Å². The second-order valence-electron chi connectivity index (χ2n) is 5.63. The number of allylic oxidation sites excluding steroid dienone is 1. The molecule has 1 atom stereocenters. The number of hydrogen-bond donors (Lipinski definition) is 0. The van der Waals surface area contributed by atoms with Crippen LogP contribution >= 0.6 is 23.2 Å². The number of carbonyl (C=O) groups excluding carboxylic acids is 2. The molecular weight excluding hydrogens is 367 g/mol. The first kappa shape index (κ1) is 19.6. The van der Waals surface area contributed by atoms with Gasteiger partial charge in [-0.05, 0) is 18.6 Å². The van der Waals surface area contributed by atoms with Crippen molar-refractivity contribution in [3.05, 3.63) is 45.1 Å². The highest BCUT2D eigenvalue weighted by Gasteiger charge is 2.40. The Balaban J connectivity index is 2.54. The van der Waals surface area contributed by atoms with Gasteiger partial charge in [0.05, 0.1) is 28.3 Å². The summed E-state index contributed by atoms with van der Waals surface area (Å²) in [4.78, 5) is 28.0. The van der Waals surface area contributed by atoms with Crippen molar-refractivity contribution in [1.82, 2.24) is 9.80 Å². The molecule has 2 amide bonds. The Morgan fingerprint density at radius 1 is 1.24 bits per heavy atom. The van der Waals surface area contributed by atoms with E-state index >= 15 is 0 Å². The first-order valence-electron chi connectivity index (χ1n) is 7.62. The molecule has 25 heavy (non-hydrogen) atoms. The van der Waals surface area contributed by atoms with Crippen molar-refractivity contribution in [3.63, 3.8) is 0 Å². The van der Waals surface area contributed by atoms with Crippen LogP contribution in [-0.4, -0.2) is 56.2 Å². The van der Waals surface area contributed by atoms with Crippen molar-refractivity contribution in [2.75, 3.05) is 34.4 Å². The number of esters is 1. The molecule has 0 unspecified atom stereocenters. The van der Waals surface area contributed by atoms with Gasteiger partial charge in [0.15, 0.2) is 0 Å². The second kappa shape index (κ2) is 8.08. The summed E-state index contributed by atoms with van der Waals surface area (Å²) in [7, 11) is 4.73. The number of ether oxygens (including phenoxy) is 2. The maximum atomic E-state index is 12.7. The molecule has 0 fully saturated rings. The second-order valence-corrected chi connectivity index (χ2v) is 6.41. The molecule has 0 saturated heterocycles. The molecule has 1 heterocycles. The molecule has 1 aliphatic heterocycles. The van der Waals surface area contributed by atoms with Crippen LogP contribution in [0.25, 0.3) is 0 Å². The molecule has 0 saturated carbocycles. The van der Waals surface area contributed by atoms with Crippen molar-refractivity contribution in [2.24, 2.45) is 0 Å². The molecule has 6 nitrogen and oxygen atoms in total. The van der Waals surface area contributed by atoms with Gasteiger partial charge in [0.25, 0.3) is 0 Å². The molecule has 8 heteroatoms. The summed E-state index contributed by atoms with van der Waals surface area (Å²) >= 11 is 12.5. The largest absolute Gasteiger partial charge is 0.460 e. The topological polar surface area (TPSA) is 59.1 Å². The number of benzene rings is 1. The van der Waals surface area contributed by atoms with Crippen LogP contribution in [0.2, 0.25) is 10.0 Å². The van der Waals surface area contributed by atoms with E-state index in [-0.39, 0.29) is 19.2 Å². The lowest BCUT2D eigenvalue weighted by atomic mass is 9.93. The Morgan fingerprint density at radius 2 is 1.92 bits per heavy atom. The van der Waals surface area contributed by atoms with Crippen molar-refractivity contribution < 1.29 is 19.1 Å². The quantitative estimate of drug-likeness (QED) is 0.573. The minimum absolute atomic E-state index is 0.115. The van der Waals surface area contributed by atoms with Gasteiger partial charge in [-0.15, -0.1) is 0 Å². The SMILES string of the molecule is COCCOC(=O)C1=C(C)N(C)C(=O)N(C)[C@H]1c1cccc(Cl)c1Cl. The number of nitrogens with zero attached hydrogens (tertiary/aromatic N) is 2. The summed E-state index contributed by atoms with van der Waals surface area (Å²) in [6, 6.07) is 4.17. The summed E-state index contributed by atoms with van der Waals surface area (Å²) in [6.45, 7) is 2.10. The van der Waals surface area contributed by atoms with Gasteiger partial charge >= 0.3 is 12.0 Å².